The van der Waals surface area contributed by atoms with Crippen LogP contribution in [0, 0.1) is 0 Å². The predicted octanol–water partition coefficient (Wildman–Crippen LogP) is 5.41. The fraction of sp³-hybridized carbons (Fsp3) is 0.0500. The monoisotopic (exact) mass is 376 g/mol. The highest BCUT2D eigenvalue weighted by Crippen LogP contribution is 2.29. The lowest BCUT2D eigenvalue weighted by Gasteiger charge is -2.09. The fourth-order valence-electron chi connectivity index (χ4n) is 3.04. The predicted molar refractivity (Wildman–Crippen MR) is 107 cm³/mol. The quantitative estimate of drug-likeness (QED) is 0.423. The van der Waals surface area contributed by atoms with Gasteiger partial charge in [-0.2, -0.15) is 0 Å². The topological polar surface area (TPSA) is 43.6 Å². The van der Waals surface area contributed by atoms with Crippen LogP contribution in [0.15, 0.2) is 66.0 Å². The molecule has 4 nitrogen and oxygen atoms in total. The van der Waals surface area contributed by atoms with Crippen molar-refractivity contribution in [2.75, 3.05) is 0 Å². The molecule has 3 heterocycles. The Morgan fingerprint density at radius 3 is 2.38 bits per heavy atom. The third-order valence-corrected chi connectivity index (χ3v) is 5.52. The minimum absolute atomic E-state index is 0.594. The summed E-state index contributed by atoms with van der Waals surface area (Å²) in [6.07, 6.45) is 0. The van der Waals surface area contributed by atoms with Crippen LogP contribution in [-0.4, -0.2) is 19.5 Å². The summed E-state index contributed by atoms with van der Waals surface area (Å²) in [5.74, 6) is 0.866. The molecule has 2 aromatic carbocycles. The molecule has 5 aromatic rings. The van der Waals surface area contributed by atoms with Gasteiger partial charge in [-0.3, -0.25) is 0 Å². The lowest BCUT2D eigenvalue weighted by molar-refractivity contribution is 0.827. The molecule has 0 spiro atoms. The van der Waals surface area contributed by atoms with Crippen LogP contribution < -0.4 is 0 Å². The molecule has 0 fully saturated rings. The van der Waals surface area contributed by atoms with Crippen LogP contribution in [0.3, 0.4) is 0 Å². The Hall–Kier alpha value is -2.76. The molecule has 0 radical (unpaired) electrons. The van der Waals surface area contributed by atoms with Gasteiger partial charge in [0.2, 0.25) is 0 Å². The highest BCUT2D eigenvalue weighted by atomic mass is 35.5. The maximum atomic E-state index is 6.40. The number of thiophene rings is 1. The van der Waals surface area contributed by atoms with Crippen molar-refractivity contribution in [3.05, 3.63) is 76.6 Å². The highest BCUT2D eigenvalue weighted by molar-refractivity contribution is 7.13. The number of halogens is 1. The van der Waals surface area contributed by atoms with Gasteiger partial charge in [0.15, 0.2) is 17.1 Å². The molecule has 0 bridgehead atoms. The first kappa shape index (κ1) is 15.5. The van der Waals surface area contributed by atoms with Gasteiger partial charge in [0, 0.05) is 5.02 Å². The van der Waals surface area contributed by atoms with E-state index in [1.54, 1.807) is 11.3 Å². The second kappa shape index (κ2) is 6.20. The van der Waals surface area contributed by atoms with Gasteiger partial charge >= 0.3 is 0 Å². The van der Waals surface area contributed by atoms with E-state index in [0.717, 1.165) is 38.0 Å². The summed E-state index contributed by atoms with van der Waals surface area (Å²) in [5, 5.41) is 2.78. The number of fused-ring (bicyclic) bond motifs is 2. The van der Waals surface area contributed by atoms with E-state index in [4.69, 9.17) is 26.6 Å². The number of imidazole rings is 1. The van der Waals surface area contributed by atoms with Gasteiger partial charge in [-0.1, -0.05) is 48.0 Å². The average molecular weight is 377 g/mol. The molecule has 5 rings (SSSR count). The summed E-state index contributed by atoms with van der Waals surface area (Å²) in [4.78, 5) is 15.4. The first-order valence-corrected chi connectivity index (χ1v) is 9.46. The van der Waals surface area contributed by atoms with Crippen molar-refractivity contribution in [2.45, 2.75) is 6.54 Å². The molecule has 3 aromatic heterocycles. The standard InChI is InChI=1S/C20H13ClN4S/c21-14-7-2-1-6-13(14)12-25-19(17-10-5-11-26-17)24-18-20(25)23-16-9-4-3-8-15(16)22-18/h1-11H,12H2. The van der Waals surface area contributed by atoms with Crippen LogP contribution in [0.5, 0.6) is 0 Å². The molecule has 0 saturated carbocycles. The molecule has 0 N–H and O–H groups in total. The molecule has 0 unspecified atom stereocenters. The summed E-state index contributed by atoms with van der Waals surface area (Å²) >= 11 is 8.05. The van der Waals surface area contributed by atoms with Gasteiger partial charge in [0.1, 0.15) is 0 Å². The van der Waals surface area contributed by atoms with Crippen LogP contribution in [0.2, 0.25) is 5.02 Å². The van der Waals surface area contributed by atoms with E-state index in [9.17, 15) is 0 Å². The van der Waals surface area contributed by atoms with Crippen molar-refractivity contribution < 1.29 is 0 Å². The normalized spacial score (nSPS) is 11.4. The molecule has 0 aliphatic heterocycles. The minimum atomic E-state index is 0.594. The molecule has 0 saturated heterocycles. The first-order chi connectivity index (χ1) is 12.8. The summed E-state index contributed by atoms with van der Waals surface area (Å²) in [5.41, 5.74) is 4.16. The number of para-hydroxylation sites is 2. The van der Waals surface area contributed by atoms with Gasteiger partial charge in [-0.15, -0.1) is 11.3 Å². The summed E-state index contributed by atoms with van der Waals surface area (Å²) in [7, 11) is 0. The van der Waals surface area contributed by atoms with E-state index in [-0.39, 0.29) is 0 Å². The lowest BCUT2D eigenvalue weighted by Crippen LogP contribution is -2.03. The number of benzene rings is 2. The Kier molecular flexibility index (Phi) is 3.69. The third kappa shape index (κ3) is 2.57. The number of aromatic nitrogens is 4. The molecule has 6 heteroatoms. The van der Waals surface area contributed by atoms with Crippen LogP contribution in [0.25, 0.3) is 33.0 Å². The number of nitrogens with zero attached hydrogens (tertiary/aromatic N) is 4. The van der Waals surface area contributed by atoms with Gasteiger partial charge < -0.3 is 4.57 Å². The van der Waals surface area contributed by atoms with Gasteiger partial charge in [-0.05, 0) is 35.2 Å². The van der Waals surface area contributed by atoms with Crippen molar-refractivity contribution >= 4 is 45.3 Å². The molecule has 0 amide bonds. The average Bonchev–Trinajstić information content (AvgIpc) is 3.30. The van der Waals surface area contributed by atoms with E-state index >= 15 is 0 Å². The third-order valence-electron chi connectivity index (χ3n) is 4.29. The summed E-state index contributed by atoms with van der Waals surface area (Å²) in [6.45, 7) is 0.594. The van der Waals surface area contributed by atoms with Crippen LogP contribution in [0.4, 0.5) is 0 Å². The zero-order chi connectivity index (χ0) is 17.5. The largest absolute Gasteiger partial charge is 0.302 e. The Labute approximate surface area is 158 Å². The zero-order valence-electron chi connectivity index (χ0n) is 13.6. The molecule has 26 heavy (non-hydrogen) atoms. The Bertz CT molecular complexity index is 1230. The number of rotatable bonds is 3. The first-order valence-electron chi connectivity index (χ1n) is 8.20. The highest BCUT2D eigenvalue weighted by Gasteiger charge is 2.17. The van der Waals surface area contributed by atoms with Gasteiger partial charge in [0.25, 0.3) is 0 Å². The van der Waals surface area contributed by atoms with Crippen molar-refractivity contribution in [3.8, 4) is 10.7 Å². The lowest BCUT2D eigenvalue weighted by atomic mass is 10.2. The van der Waals surface area contributed by atoms with E-state index in [1.807, 2.05) is 60.0 Å². The smallest absolute Gasteiger partial charge is 0.198 e. The Morgan fingerprint density at radius 1 is 0.846 bits per heavy atom. The Balaban J connectivity index is 1.78. The minimum Gasteiger partial charge on any atom is -0.302 e. The number of hydrogen-bond acceptors (Lipinski definition) is 4. The second-order valence-corrected chi connectivity index (χ2v) is 7.30. The van der Waals surface area contributed by atoms with Crippen LogP contribution >= 0.6 is 22.9 Å². The van der Waals surface area contributed by atoms with Crippen LogP contribution in [0.1, 0.15) is 5.56 Å². The second-order valence-electron chi connectivity index (χ2n) is 5.95. The molecule has 126 valence electrons. The van der Waals surface area contributed by atoms with Crippen molar-refractivity contribution in [1.29, 1.82) is 0 Å². The van der Waals surface area contributed by atoms with E-state index in [1.165, 1.54) is 0 Å². The fourth-order valence-corrected chi connectivity index (χ4v) is 3.96. The summed E-state index contributed by atoms with van der Waals surface area (Å²) < 4.78 is 2.10. The van der Waals surface area contributed by atoms with E-state index in [0.29, 0.717) is 12.2 Å². The van der Waals surface area contributed by atoms with E-state index < -0.39 is 0 Å². The molecule has 0 aliphatic rings. The molecule has 0 aliphatic carbocycles. The van der Waals surface area contributed by atoms with E-state index in [2.05, 4.69) is 10.6 Å². The SMILES string of the molecule is Clc1ccccc1Cn1c(-c2cccs2)nc2nc3ccccc3nc21. The van der Waals surface area contributed by atoms with Gasteiger partial charge in [0.05, 0.1) is 22.5 Å². The zero-order valence-corrected chi connectivity index (χ0v) is 15.2. The molecular formula is C20H13ClN4S. The van der Waals surface area contributed by atoms with Crippen molar-refractivity contribution in [3.63, 3.8) is 0 Å². The van der Waals surface area contributed by atoms with Gasteiger partial charge in [-0.25, -0.2) is 15.0 Å². The summed E-state index contributed by atoms with van der Waals surface area (Å²) in [6, 6.07) is 19.8. The van der Waals surface area contributed by atoms with Crippen LogP contribution in [-0.2, 0) is 6.54 Å². The maximum Gasteiger partial charge on any atom is 0.198 e. The van der Waals surface area contributed by atoms with Crippen molar-refractivity contribution in [1.82, 2.24) is 19.5 Å². The Morgan fingerprint density at radius 2 is 1.62 bits per heavy atom. The molecule has 0 atom stereocenters. The number of hydrogen-bond donors (Lipinski definition) is 0. The maximum absolute atomic E-state index is 6.40. The molecular weight excluding hydrogens is 364 g/mol. The van der Waals surface area contributed by atoms with Crippen molar-refractivity contribution in [2.24, 2.45) is 0 Å².